The largest absolute Gasteiger partial charge is 0.416 e. The first kappa shape index (κ1) is 22.0. The maximum Gasteiger partial charge on any atom is 0.416 e. The van der Waals surface area contributed by atoms with Gasteiger partial charge in [0.15, 0.2) is 0 Å². The predicted molar refractivity (Wildman–Crippen MR) is 112 cm³/mol. The average molecular weight is 448 g/mol. The number of halogens is 3. The minimum atomic E-state index is -4.50. The van der Waals surface area contributed by atoms with Crippen LogP contribution in [-0.4, -0.2) is 51.8 Å². The number of aryl methyl sites for hydroxylation is 2. The number of fused-ring (bicyclic) bond motifs is 1. The summed E-state index contributed by atoms with van der Waals surface area (Å²) < 4.78 is 46.7. The Morgan fingerprint density at radius 1 is 1.22 bits per heavy atom. The summed E-state index contributed by atoms with van der Waals surface area (Å²) in [7, 11) is 0. The Balaban J connectivity index is 1.54. The SMILES string of the molecule is Cc1nc2ncnn2c(C)c1CCC(=O)Nc1cc(C(F)(F)F)ccc1N1CCOCC1. The maximum atomic E-state index is 13.3. The van der Waals surface area contributed by atoms with Gasteiger partial charge in [0.1, 0.15) is 6.33 Å². The number of aromatic nitrogens is 4. The van der Waals surface area contributed by atoms with Gasteiger partial charge in [0.2, 0.25) is 5.91 Å². The zero-order valence-corrected chi connectivity index (χ0v) is 17.7. The number of carbonyl (C=O) groups is 1. The van der Waals surface area contributed by atoms with Crippen LogP contribution >= 0.6 is 0 Å². The molecule has 11 heteroatoms. The molecular weight excluding hydrogens is 425 g/mol. The van der Waals surface area contributed by atoms with E-state index in [0.29, 0.717) is 44.2 Å². The minimum absolute atomic E-state index is 0.0857. The Labute approximate surface area is 182 Å². The van der Waals surface area contributed by atoms with Gasteiger partial charge in [-0.15, -0.1) is 0 Å². The molecule has 0 bridgehead atoms. The predicted octanol–water partition coefficient (Wildman–Crippen LogP) is 3.17. The highest BCUT2D eigenvalue weighted by Gasteiger charge is 2.32. The van der Waals surface area contributed by atoms with Crippen molar-refractivity contribution in [1.29, 1.82) is 0 Å². The van der Waals surface area contributed by atoms with Crippen LogP contribution in [0.15, 0.2) is 24.5 Å². The Kier molecular flexibility index (Phi) is 6.00. The lowest BCUT2D eigenvalue weighted by Crippen LogP contribution is -2.36. The highest BCUT2D eigenvalue weighted by atomic mass is 19.4. The van der Waals surface area contributed by atoms with Crippen molar-refractivity contribution in [3.63, 3.8) is 0 Å². The summed E-state index contributed by atoms with van der Waals surface area (Å²) in [5.74, 6) is 0.101. The number of carbonyl (C=O) groups excluding carboxylic acids is 1. The number of benzene rings is 1. The average Bonchev–Trinajstić information content (AvgIpc) is 3.22. The third-order valence-corrected chi connectivity index (χ3v) is 5.54. The summed E-state index contributed by atoms with van der Waals surface area (Å²) in [6.07, 6.45) is -2.64. The Hall–Kier alpha value is -3.21. The van der Waals surface area contributed by atoms with Crippen LogP contribution < -0.4 is 10.2 Å². The lowest BCUT2D eigenvalue weighted by atomic mass is 10.1. The van der Waals surface area contributed by atoms with Crippen LogP contribution in [0.3, 0.4) is 0 Å². The van der Waals surface area contributed by atoms with E-state index in [-0.39, 0.29) is 18.0 Å². The normalized spacial score (nSPS) is 14.7. The number of alkyl halides is 3. The maximum absolute atomic E-state index is 13.3. The van der Waals surface area contributed by atoms with Crippen LogP contribution in [0.1, 0.15) is 28.9 Å². The lowest BCUT2D eigenvalue weighted by molar-refractivity contribution is -0.137. The smallest absolute Gasteiger partial charge is 0.378 e. The molecule has 0 saturated carbocycles. The zero-order chi connectivity index (χ0) is 22.9. The molecule has 3 heterocycles. The first-order valence-corrected chi connectivity index (χ1v) is 10.2. The molecule has 1 aliphatic heterocycles. The molecule has 4 rings (SSSR count). The Bertz CT molecular complexity index is 1140. The standard InChI is InChI=1S/C21H23F3N6O2/c1-13-16(14(2)30-20(27-13)25-12-26-30)4-6-19(31)28-17-11-15(21(22,23)24)3-5-18(17)29-7-9-32-10-8-29/h3,5,11-12H,4,6-10H2,1-2H3,(H,28,31). The molecule has 8 nitrogen and oxygen atoms in total. The summed E-state index contributed by atoms with van der Waals surface area (Å²) in [6.45, 7) is 5.73. The number of hydrogen-bond acceptors (Lipinski definition) is 6. The van der Waals surface area contributed by atoms with Crippen LogP contribution in [0.2, 0.25) is 0 Å². The van der Waals surface area contributed by atoms with Gasteiger partial charge >= 0.3 is 6.18 Å². The van der Waals surface area contributed by atoms with Gasteiger partial charge in [0.25, 0.3) is 5.78 Å². The first-order valence-electron chi connectivity index (χ1n) is 10.2. The van der Waals surface area contributed by atoms with E-state index in [4.69, 9.17) is 4.74 Å². The van der Waals surface area contributed by atoms with E-state index in [0.717, 1.165) is 29.1 Å². The molecule has 32 heavy (non-hydrogen) atoms. The molecule has 0 unspecified atom stereocenters. The van der Waals surface area contributed by atoms with Gasteiger partial charge in [-0.25, -0.2) is 9.50 Å². The van der Waals surface area contributed by atoms with E-state index in [2.05, 4.69) is 20.4 Å². The number of hydrogen-bond donors (Lipinski definition) is 1. The van der Waals surface area contributed by atoms with Crippen LogP contribution in [0, 0.1) is 13.8 Å². The molecule has 0 radical (unpaired) electrons. The summed E-state index contributed by atoms with van der Waals surface area (Å²) in [5, 5.41) is 6.82. The highest BCUT2D eigenvalue weighted by molar-refractivity contribution is 5.94. The van der Waals surface area contributed by atoms with Crippen molar-refractivity contribution in [3.8, 4) is 0 Å². The third-order valence-electron chi connectivity index (χ3n) is 5.54. The number of amides is 1. The summed E-state index contributed by atoms with van der Waals surface area (Å²) in [5.41, 5.74) is 2.31. The molecule has 0 atom stereocenters. The second-order valence-corrected chi connectivity index (χ2v) is 7.61. The topological polar surface area (TPSA) is 84.6 Å². The van der Waals surface area contributed by atoms with E-state index >= 15 is 0 Å². The lowest BCUT2D eigenvalue weighted by Gasteiger charge is -2.31. The van der Waals surface area contributed by atoms with Crippen LogP contribution in [0.25, 0.3) is 5.78 Å². The fourth-order valence-corrected chi connectivity index (χ4v) is 3.86. The van der Waals surface area contributed by atoms with Crippen molar-refractivity contribution in [2.24, 2.45) is 0 Å². The fraction of sp³-hybridized carbons (Fsp3) is 0.429. The second kappa shape index (κ2) is 8.73. The molecule has 0 spiro atoms. The molecule has 1 saturated heterocycles. The molecule has 1 aliphatic rings. The van der Waals surface area contributed by atoms with E-state index in [1.54, 1.807) is 4.52 Å². The van der Waals surface area contributed by atoms with Crippen molar-refractivity contribution in [2.45, 2.75) is 32.9 Å². The van der Waals surface area contributed by atoms with Crippen LogP contribution in [0.4, 0.5) is 24.5 Å². The van der Waals surface area contributed by atoms with Gasteiger partial charge in [-0.2, -0.15) is 23.3 Å². The summed E-state index contributed by atoms with van der Waals surface area (Å²) >= 11 is 0. The van der Waals surface area contributed by atoms with Gasteiger partial charge in [-0.1, -0.05) is 0 Å². The number of nitrogens with one attached hydrogen (secondary N) is 1. The van der Waals surface area contributed by atoms with Gasteiger partial charge in [-0.3, -0.25) is 4.79 Å². The number of anilines is 2. The van der Waals surface area contributed by atoms with E-state index < -0.39 is 11.7 Å². The van der Waals surface area contributed by atoms with Crippen molar-refractivity contribution in [2.75, 3.05) is 36.5 Å². The fourth-order valence-electron chi connectivity index (χ4n) is 3.86. The van der Waals surface area contributed by atoms with Crippen molar-refractivity contribution < 1.29 is 22.7 Å². The molecule has 1 N–H and O–H groups in total. The second-order valence-electron chi connectivity index (χ2n) is 7.61. The number of nitrogens with zero attached hydrogens (tertiary/aromatic N) is 5. The molecule has 170 valence electrons. The molecule has 1 aromatic carbocycles. The number of ether oxygens (including phenoxy) is 1. The van der Waals surface area contributed by atoms with Gasteiger partial charge in [0, 0.05) is 30.9 Å². The summed E-state index contributed by atoms with van der Waals surface area (Å²) in [4.78, 5) is 23.1. The highest BCUT2D eigenvalue weighted by Crippen LogP contribution is 2.36. The number of rotatable bonds is 5. The number of morpholine rings is 1. The Morgan fingerprint density at radius 2 is 1.97 bits per heavy atom. The minimum Gasteiger partial charge on any atom is -0.378 e. The van der Waals surface area contributed by atoms with Crippen molar-refractivity contribution in [3.05, 3.63) is 47.0 Å². The van der Waals surface area contributed by atoms with Gasteiger partial charge in [0.05, 0.1) is 30.2 Å². The van der Waals surface area contributed by atoms with Crippen molar-refractivity contribution >= 4 is 23.1 Å². The quantitative estimate of drug-likeness (QED) is 0.646. The summed E-state index contributed by atoms with van der Waals surface area (Å²) in [6, 6.07) is 3.43. The van der Waals surface area contributed by atoms with Crippen LogP contribution in [-0.2, 0) is 22.1 Å². The van der Waals surface area contributed by atoms with E-state index in [9.17, 15) is 18.0 Å². The molecule has 2 aromatic heterocycles. The van der Waals surface area contributed by atoms with Crippen LogP contribution in [0.5, 0.6) is 0 Å². The first-order chi connectivity index (χ1) is 15.2. The van der Waals surface area contributed by atoms with E-state index in [1.165, 1.54) is 12.4 Å². The van der Waals surface area contributed by atoms with Crippen molar-refractivity contribution in [1.82, 2.24) is 19.6 Å². The van der Waals surface area contributed by atoms with Gasteiger partial charge < -0.3 is 15.0 Å². The van der Waals surface area contributed by atoms with E-state index in [1.807, 2.05) is 18.7 Å². The zero-order valence-electron chi connectivity index (χ0n) is 17.7. The Morgan fingerprint density at radius 3 is 2.69 bits per heavy atom. The third kappa shape index (κ3) is 4.52. The molecule has 1 amide bonds. The molecular formula is C21H23F3N6O2. The van der Waals surface area contributed by atoms with Gasteiger partial charge in [-0.05, 0) is 44.0 Å². The molecule has 0 aliphatic carbocycles. The molecule has 3 aromatic rings. The molecule has 1 fully saturated rings. The monoisotopic (exact) mass is 448 g/mol.